The lowest BCUT2D eigenvalue weighted by Gasteiger charge is -2.33. The first-order valence-electron chi connectivity index (χ1n) is 9.28. The predicted octanol–water partition coefficient (Wildman–Crippen LogP) is 2.88. The maximum atomic E-state index is 12.8. The van der Waals surface area contributed by atoms with Crippen molar-refractivity contribution in [2.24, 2.45) is 0 Å². The van der Waals surface area contributed by atoms with Gasteiger partial charge in [-0.3, -0.25) is 9.59 Å². The number of benzene rings is 2. The van der Waals surface area contributed by atoms with Gasteiger partial charge in [0.15, 0.2) is 0 Å². The number of hydrogen-bond donors (Lipinski definition) is 1. The average Bonchev–Trinajstić information content (AvgIpc) is 2.74. The normalized spacial score (nSPS) is 16.7. The molecule has 5 heteroatoms. The van der Waals surface area contributed by atoms with Crippen molar-refractivity contribution in [2.45, 2.75) is 18.9 Å². The molecule has 0 bridgehead atoms. The van der Waals surface area contributed by atoms with E-state index in [1.165, 1.54) is 0 Å². The summed E-state index contributed by atoms with van der Waals surface area (Å²) in [5, 5.41) is 3.07. The Hall–Kier alpha value is -3.08. The van der Waals surface area contributed by atoms with Crippen LogP contribution in [0.4, 0.5) is 0 Å². The van der Waals surface area contributed by atoms with Crippen molar-refractivity contribution in [3.8, 4) is 5.75 Å². The molecule has 2 aromatic carbocycles. The second-order valence-corrected chi connectivity index (χ2v) is 6.90. The summed E-state index contributed by atoms with van der Waals surface area (Å²) in [6.07, 6.45) is 3.44. The molecule has 138 valence electrons. The van der Waals surface area contributed by atoms with E-state index in [4.69, 9.17) is 4.74 Å². The number of carbonyl (C=O) groups is 2. The summed E-state index contributed by atoms with van der Waals surface area (Å²) in [6.45, 7) is 1.58. The molecule has 4 rings (SSSR count). The van der Waals surface area contributed by atoms with Gasteiger partial charge in [0.2, 0.25) is 0 Å². The molecule has 0 radical (unpaired) electrons. The molecule has 0 spiro atoms. The third-order valence-corrected chi connectivity index (χ3v) is 5.06. The molecule has 2 aliphatic heterocycles. The summed E-state index contributed by atoms with van der Waals surface area (Å²) in [5.74, 6) is 0.786. The first-order chi connectivity index (χ1) is 13.2. The molecule has 0 aromatic heterocycles. The molecule has 5 nitrogen and oxygen atoms in total. The number of likely N-dealkylation sites (tertiary alicyclic amines) is 1. The van der Waals surface area contributed by atoms with Crippen molar-refractivity contribution in [2.75, 3.05) is 19.7 Å². The average molecular weight is 362 g/mol. The topological polar surface area (TPSA) is 58.6 Å². The Morgan fingerprint density at radius 2 is 1.67 bits per heavy atom. The number of nitrogens with zero attached hydrogens (tertiary/aromatic N) is 1. The van der Waals surface area contributed by atoms with Crippen LogP contribution in [0.2, 0.25) is 0 Å². The van der Waals surface area contributed by atoms with Gasteiger partial charge in [-0.05, 0) is 37.1 Å². The number of carbonyl (C=O) groups excluding carboxylic acids is 2. The number of piperidine rings is 1. The first-order valence-corrected chi connectivity index (χ1v) is 9.28. The van der Waals surface area contributed by atoms with E-state index in [1.54, 1.807) is 12.1 Å². The van der Waals surface area contributed by atoms with Gasteiger partial charge in [-0.2, -0.15) is 0 Å². The quantitative estimate of drug-likeness (QED) is 0.913. The van der Waals surface area contributed by atoms with Crippen LogP contribution in [0.5, 0.6) is 5.75 Å². The van der Waals surface area contributed by atoms with E-state index < -0.39 is 0 Å². The third-order valence-electron chi connectivity index (χ3n) is 5.06. The van der Waals surface area contributed by atoms with E-state index in [9.17, 15) is 9.59 Å². The minimum atomic E-state index is -0.0552. The Morgan fingerprint density at radius 1 is 0.963 bits per heavy atom. The molecule has 1 fully saturated rings. The highest BCUT2D eigenvalue weighted by Crippen LogP contribution is 2.27. The number of amides is 2. The summed E-state index contributed by atoms with van der Waals surface area (Å²) < 4.78 is 5.70. The van der Waals surface area contributed by atoms with Gasteiger partial charge in [0.1, 0.15) is 12.4 Å². The third kappa shape index (κ3) is 3.87. The Balaban J connectivity index is 1.34. The summed E-state index contributed by atoms with van der Waals surface area (Å²) in [4.78, 5) is 26.9. The van der Waals surface area contributed by atoms with E-state index in [2.05, 4.69) is 5.32 Å². The Bertz CT molecular complexity index is 868. The van der Waals surface area contributed by atoms with Crippen LogP contribution in [-0.2, 0) is 4.79 Å². The lowest BCUT2D eigenvalue weighted by atomic mass is 10.0. The Labute approximate surface area is 158 Å². The van der Waals surface area contributed by atoms with Gasteiger partial charge < -0.3 is 15.0 Å². The maximum Gasteiger partial charge on any atom is 0.253 e. The van der Waals surface area contributed by atoms with Gasteiger partial charge in [0.05, 0.1) is 5.57 Å². The summed E-state index contributed by atoms with van der Waals surface area (Å²) in [7, 11) is 0. The smallest absolute Gasteiger partial charge is 0.253 e. The number of rotatable bonds is 3. The zero-order valence-electron chi connectivity index (χ0n) is 15.1. The van der Waals surface area contributed by atoms with Crippen molar-refractivity contribution in [3.05, 3.63) is 71.3 Å². The van der Waals surface area contributed by atoms with Crippen molar-refractivity contribution in [1.29, 1.82) is 0 Å². The minimum absolute atomic E-state index is 0.0253. The number of nitrogens with one attached hydrogen (secondary N) is 1. The minimum Gasteiger partial charge on any atom is -0.488 e. The molecular weight excluding hydrogens is 340 g/mol. The van der Waals surface area contributed by atoms with Gasteiger partial charge >= 0.3 is 0 Å². The maximum absolute atomic E-state index is 12.8. The summed E-state index contributed by atoms with van der Waals surface area (Å²) in [6, 6.07) is 17.0. The highest BCUT2D eigenvalue weighted by Gasteiger charge is 2.27. The van der Waals surface area contributed by atoms with Crippen LogP contribution in [0, 0.1) is 0 Å². The van der Waals surface area contributed by atoms with E-state index in [-0.39, 0.29) is 17.9 Å². The second-order valence-electron chi connectivity index (χ2n) is 6.90. The molecule has 27 heavy (non-hydrogen) atoms. The van der Waals surface area contributed by atoms with Crippen molar-refractivity contribution < 1.29 is 14.3 Å². The zero-order valence-corrected chi connectivity index (χ0v) is 15.1. The van der Waals surface area contributed by atoms with Crippen LogP contribution in [0.15, 0.2) is 60.2 Å². The fraction of sp³-hybridized carbons (Fsp3) is 0.273. The van der Waals surface area contributed by atoms with Gasteiger partial charge in [-0.25, -0.2) is 0 Å². The van der Waals surface area contributed by atoms with E-state index in [0.717, 1.165) is 24.2 Å². The van der Waals surface area contributed by atoms with Gasteiger partial charge in [0, 0.05) is 30.3 Å². The molecule has 1 saturated heterocycles. The highest BCUT2D eigenvalue weighted by atomic mass is 16.5. The SMILES string of the molecule is O=C(NC1CCN(C(=O)C2=Cc3ccccc3OC2)CC1)c1ccccc1. The van der Waals surface area contributed by atoms with Crippen molar-refractivity contribution in [1.82, 2.24) is 10.2 Å². The highest BCUT2D eigenvalue weighted by molar-refractivity contribution is 5.99. The molecule has 0 unspecified atom stereocenters. The van der Waals surface area contributed by atoms with E-state index in [1.807, 2.05) is 53.4 Å². The fourth-order valence-corrected chi connectivity index (χ4v) is 3.53. The number of para-hydroxylation sites is 1. The fourth-order valence-electron chi connectivity index (χ4n) is 3.53. The predicted molar refractivity (Wildman–Crippen MR) is 103 cm³/mol. The van der Waals surface area contributed by atoms with Gasteiger partial charge in [-0.1, -0.05) is 36.4 Å². The Morgan fingerprint density at radius 3 is 2.44 bits per heavy atom. The first kappa shape index (κ1) is 17.3. The molecule has 2 heterocycles. The van der Waals surface area contributed by atoms with Crippen LogP contribution in [0.1, 0.15) is 28.8 Å². The molecule has 2 aromatic rings. The van der Waals surface area contributed by atoms with Crippen molar-refractivity contribution in [3.63, 3.8) is 0 Å². The van der Waals surface area contributed by atoms with Crippen LogP contribution in [0.25, 0.3) is 6.08 Å². The van der Waals surface area contributed by atoms with Crippen molar-refractivity contribution >= 4 is 17.9 Å². The second kappa shape index (κ2) is 7.66. The molecule has 0 aliphatic carbocycles. The number of fused-ring (bicyclic) bond motifs is 1. The largest absolute Gasteiger partial charge is 0.488 e. The molecule has 2 aliphatic rings. The molecule has 1 N–H and O–H groups in total. The molecule has 0 atom stereocenters. The van der Waals surface area contributed by atoms with Crippen LogP contribution < -0.4 is 10.1 Å². The van der Waals surface area contributed by atoms with E-state index >= 15 is 0 Å². The lowest BCUT2D eigenvalue weighted by Crippen LogP contribution is -2.47. The van der Waals surface area contributed by atoms with Crippen LogP contribution in [-0.4, -0.2) is 42.5 Å². The van der Waals surface area contributed by atoms with E-state index in [0.29, 0.717) is 30.8 Å². The van der Waals surface area contributed by atoms with Crippen LogP contribution >= 0.6 is 0 Å². The Kier molecular flexibility index (Phi) is 4.92. The number of ether oxygens (including phenoxy) is 1. The summed E-state index contributed by atoms with van der Waals surface area (Å²) >= 11 is 0. The lowest BCUT2D eigenvalue weighted by molar-refractivity contribution is -0.128. The number of hydrogen-bond acceptors (Lipinski definition) is 3. The van der Waals surface area contributed by atoms with Crippen LogP contribution in [0.3, 0.4) is 0 Å². The van der Waals surface area contributed by atoms with Gasteiger partial charge in [-0.15, -0.1) is 0 Å². The molecule has 2 amide bonds. The molecule has 0 saturated carbocycles. The van der Waals surface area contributed by atoms with Gasteiger partial charge in [0.25, 0.3) is 11.8 Å². The monoisotopic (exact) mass is 362 g/mol. The molecular formula is C22H22N2O3. The standard InChI is InChI=1S/C22H22N2O3/c25-21(16-6-2-1-3-7-16)23-19-10-12-24(13-11-19)22(26)18-14-17-8-4-5-9-20(17)27-15-18/h1-9,14,19H,10-13,15H2,(H,23,25). The zero-order chi connectivity index (χ0) is 18.6. The summed E-state index contributed by atoms with van der Waals surface area (Å²) in [5.41, 5.74) is 2.29.